The highest BCUT2D eigenvalue weighted by atomic mass is 16.5. The van der Waals surface area contributed by atoms with E-state index in [-0.39, 0.29) is 0 Å². The number of nitrogens with one attached hydrogen (secondary N) is 2. The fourth-order valence-corrected chi connectivity index (χ4v) is 2.94. The van der Waals surface area contributed by atoms with Crippen molar-refractivity contribution in [3.05, 3.63) is 90.6 Å². The maximum atomic E-state index is 6.01. The van der Waals surface area contributed by atoms with E-state index in [4.69, 9.17) is 9.47 Å². The normalized spacial score (nSPS) is 10.3. The molecule has 6 nitrogen and oxygen atoms in total. The lowest BCUT2D eigenvalue weighted by Crippen LogP contribution is -2.02. The first kappa shape index (κ1) is 19.3. The standard InChI is InChI=1S/C24H22N4O2/c1-17-12-13-21(29-2)20(16-17)27-24-25-15-14-23(28-24)26-19-10-6-7-11-22(19)30-18-8-4-3-5-9-18/h3-16H,1-2H3,(H2,25,26,27,28). The van der Waals surface area contributed by atoms with Crippen molar-refractivity contribution in [1.82, 2.24) is 9.97 Å². The van der Waals surface area contributed by atoms with Crippen molar-refractivity contribution in [3.63, 3.8) is 0 Å². The van der Waals surface area contributed by atoms with Crippen LogP contribution in [0.3, 0.4) is 0 Å². The lowest BCUT2D eigenvalue weighted by molar-refractivity contribution is 0.416. The molecule has 3 aromatic carbocycles. The van der Waals surface area contributed by atoms with Crippen molar-refractivity contribution in [2.75, 3.05) is 17.7 Å². The predicted molar refractivity (Wildman–Crippen MR) is 119 cm³/mol. The topological polar surface area (TPSA) is 68.3 Å². The Morgan fingerprint density at radius 3 is 2.40 bits per heavy atom. The van der Waals surface area contributed by atoms with Crippen molar-refractivity contribution < 1.29 is 9.47 Å². The molecule has 0 fully saturated rings. The molecule has 0 aliphatic rings. The molecule has 0 saturated carbocycles. The zero-order valence-electron chi connectivity index (χ0n) is 16.8. The van der Waals surface area contributed by atoms with Gasteiger partial charge in [-0.1, -0.05) is 36.4 Å². The van der Waals surface area contributed by atoms with Crippen molar-refractivity contribution >= 4 is 23.1 Å². The fourth-order valence-electron chi connectivity index (χ4n) is 2.94. The molecule has 0 unspecified atom stereocenters. The Hall–Kier alpha value is -4.06. The first-order valence-electron chi connectivity index (χ1n) is 9.55. The highest BCUT2D eigenvalue weighted by Gasteiger charge is 2.09. The number of ether oxygens (including phenoxy) is 2. The number of hydrogen-bond donors (Lipinski definition) is 2. The Morgan fingerprint density at radius 1 is 0.767 bits per heavy atom. The summed E-state index contributed by atoms with van der Waals surface area (Å²) in [5.74, 6) is 3.30. The summed E-state index contributed by atoms with van der Waals surface area (Å²) in [5, 5.41) is 6.54. The van der Waals surface area contributed by atoms with Crippen LogP contribution in [0, 0.1) is 6.92 Å². The van der Waals surface area contributed by atoms with Crippen LogP contribution in [0.5, 0.6) is 17.2 Å². The van der Waals surface area contributed by atoms with Crippen LogP contribution in [-0.4, -0.2) is 17.1 Å². The fraction of sp³-hybridized carbons (Fsp3) is 0.0833. The second kappa shape index (κ2) is 8.96. The number of anilines is 4. The van der Waals surface area contributed by atoms with Crippen LogP contribution in [0.4, 0.5) is 23.1 Å². The molecule has 0 aliphatic carbocycles. The Labute approximate surface area is 175 Å². The van der Waals surface area contributed by atoms with Gasteiger partial charge in [-0.25, -0.2) is 4.98 Å². The number of aryl methyl sites for hydroxylation is 1. The maximum Gasteiger partial charge on any atom is 0.229 e. The molecule has 0 spiro atoms. The van der Waals surface area contributed by atoms with E-state index >= 15 is 0 Å². The van der Waals surface area contributed by atoms with E-state index in [1.807, 2.05) is 79.7 Å². The van der Waals surface area contributed by atoms with Crippen LogP contribution in [0.1, 0.15) is 5.56 Å². The van der Waals surface area contributed by atoms with Gasteiger partial charge in [0.2, 0.25) is 5.95 Å². The number of hydrogen-bond acceptors (Lipinski definition) is 6. The largest absolute Gasteiger partial charge is 0.495 e. The van der Waals surface area contributed by atoms with E-state index in [2.05, 4.69) is 20.6 Å². The highest BCUT2D eigenvalue weighted by molar-refractivity contribution is 5.67. The number of rotatable bonds is 7. The molecule has 4 aromatic rings. The van der Waals surface area contributed by atoms with Crippen LogP contribution in [0.15, 0.2) is 85.1 Å². The first-order valence-corrected chi connectivity index (χ1v) is 9.55. The van der Waals surface area contributed by atoms with Gasteiger partial charge in [0.15, 0.2) is 5.75 Å². The van der Waals surface area contributed by atoms with Gasteiger partial charge in [-0.05, 0) is 55.0 Å². The molecule has 2 N–H and O–H groups in total. The maximum absolute atomic E-state index is 6.01. The Kier molecular flexibility index (Phi) is 5.75. The highest BCUT2D eigenvalue weighted by Crippen LogP contribution is 2.32. The van der Waals surface area contributed by atoms with Crippen molar-refractivity contribution in [1.29, 1.82) is 0 Å². The average molecular weight is 398 g/mol. The summed E-state index contributed by atoms with van der Waals surface area (Å²) in [6.45, 7) is 2.02. The Morgan fingerprint density at radius 2 is 1.57 bits per heavy atom. The minimum absolute atomic E-state index is 0.463. The second-order valence-corrected chi connectivity index (χ2v) is 6.63. The van der Waals surface area contributed by atoms with E-state index in [0.717, 1.165) is 28.4 Å². The molecule has 0 aliphatic heterocycles. The van der Waals surface area contributed by atoms with E-state index in [9.17, 15) is 0 Å². The predicted octanol–water partition coefficient (Wildman–Crippen LogP) is 6.07. The SMILES string of the molecule is COc1ccc(C)cc1Nc1nccc(Nc2ccccc2Oc2ccccc2)n1. The van der Waals surface area contributed by atoms with E-state index in [0.29, 0.717) is 17.5 Å². The Balaban J connectivity index is 1.55. The molecule has 4 rings (SSSR count). The van der Waals surface area contributed by atoms with Gasteiger partial charge in [0.05, 0.1) is 18.5 Å². The minimum Gasteiger partial charge on any atom is -0.495 e. The molecule has 0 saturated heterocycles. The zero-order valence-corrected chi connectivity index (χ0v) is 16.8. The molecular weight excluding hydrogens is 376 g/mol. The molecule has 0 bridgehead atoms. The van der Waals surface area contributed by atoms with Gasteiger partial charge in [-0.2, -0.15) is 4.98 Å². The van der Waals surface area contributed by atoms with Gasteiger partial charge in [-0.3, -0.25) is 0 Å². The van der Waals surface area contributed by atoms with Crippen LogP contribution < -0.4 is 20.1 Å². The third kappa shape index (κ3) is 4.67. The van der Waals surface area contributed by atoms with E-state index in [1.165, 1.54) is 0 Å². The second-order valence-electron chi connectivity index (χ2n) is 6.63. The lowest BCUT2D eigenvalue weighted by atomic mass is 10.2. The summed E-state index contributed by atoms with van der Waals surface area (Å²) in [4.78, 5) is 8.89. The number of aromatic nitrogens is 2. The average Bonchev–Trinajstić information content (AvgIpc) is 2.76. The molecule has 30 heavy (non-hydrogen) atoms. The van der Waals surface area contributed by atoms with Gasteiger partial charge >= 0.3 is 0 Å². The summed E-state index contributed by atoms with van der Waals surface area (Å²) < 4.78 is 11.4. The molecular formula is C24H22N4O2. The van der Waals surface area contributed by atoms with Gasteiger partial charge in [0, 0.05) is 6.20 Å². The third-order valence-electron chi connectivity index (χ3n) is 4.38. The van der Waals surface area contributed by atoms with Crippen molar-refractivity contribution in [2.45, 2.75) is 6.92 Å². The number of para-hydroxylation sites is 3. The van der Waals surface area contributed by atoms with Gasteiger partial charge in [0.25, 0.3) is 0 Å². The summed E-state index contributed by atoms with van der Waals surface area (Å²) in [5.41, 5.74) is 2.72. The van der Waals surface area contributed by atoms with E-state index in [1.54, 1.807) is 19.4 Å². The van der Waals surface area contributed by atoms with Gasteiger partial charge in [-0.15, -0.1) is 0 Å². The monoisotopic (exact) mass is 398 g/mol. The molecule has 1 aromatic heterocycles. The first-order chi connectivity index (χ1) is 14.7. The Bertz CT molecular complexity index is 1130. The van der Waals surface area contributed by atoms with Crippen LogP contribution in [0.2, 0.25) is 0 Å². The van der Waals surface area contributed by atoms with Crippen molar-refractivity contribution in [2.24, 2.45) is 0 Å². The smallest absolute Gasteiger partial charge is 0.229 e. The third-order valence-corrected chi connectivity index (χ3v) is 4.38. The lowest BCUT2D eigenvalue weighted by Gasteiger charge is -2.14. The summed E-state index contributed by atoms with van der Waals surface area (Å²) >= 11 is 0. The van der Waals surface area contributed by atoms with Crippen LogP contribution >= 0.6 is 0 Å². The quantitative estimate of drug-likeness (QED) is 0.394. The molecule has 0 radical (unpaired) electrons. The minimum atomic E-state index is 0.463. The van der Waals surface area contributed by atoms with Gasteiger partial charge in [0.1, 0.15) is 17.3 Å². The van der Waals surface area contributed by atoms with Crippen LogP contribution in [-0.2, 0) is 0 Å². The summed E-state index contributed by atoms with van der Waals surface area (Å²) in [7, 11) is 1.64. The van der Waals surface area contributed by atoms with Crippen LogP contribution in [0.25, 0.3) is 0 Å². The van der Waals surface area contributed by atoms with Crippen molar-refractivity contribution in [3.8, 4) is 17.2 Å². The molecule has 6 heteroatoms. The zero-order chi connectivity index (χ0) is 20.8. The van der Waals surface area contributed by atoms with Gasteiger partial charge < -0.3 is 20.1 Å². The molecule has 150 valence electrons. The summed E-state index contributed by atoms with van der Waals surface area (Å²) in [6.07, 6.45) is 1.70. The molecule has 1 heterocycles. The number of nitrogens with zero attached hydrogens (tertiary/aromatic N) is 2. The number of methoxy groups -OCH3 is 1. The number of benzene rings is 3. The summed E-state index contributed by atoms with van der Waals surface area (Å²) in [6, 6.07) is 25.1. The van der Waals surface area contributed by atoms with E-state index < -0.39 is 0 Å². The molecule has 0 amide bonds. The molecule has 0 atom stereocenters.